The first-order chi connectivity index (χ1) is 15.1. The van der Waals surface area contributed by atoms with Gasteiger partial charge >= 0.3 is 0 Å². The van der Waals surface area contributed by atoms with Crippen molar-refractivity contribution in [3.05, 3.63) is 54.1 Å². The van der Waals surface area contributed by atoms with Gasteiger partial charge in [0, 0.05) is 39.4 Å². The van der Waals surface area contributed by atoms with Crippen molar-refractivity contribution < 1.29 is 14.3 Å². The number of likely N-dealkylation sites (tertiary alicyclic amines) is 1. The molecular formula is C24H33IN4O3. The third-order valence-corrected chi connectivity index (χ3v) is 5.11. The minimum atomic E-state index is -0.132. The second kappa shape index (κ2) is 13.1. The third kappa shape index (κ3) is 7.58. The van der Waals surface area contributed by atoms with Crippen LogP contribution in [0.25, 0.3) is 0 Å². The van der Waals surface area contributed by atoms with E-state index in [-0.39, 0.29) is 36.0 Å². The number of amides is 1. The first-order valence-electron chi connectivity index (χ1n) is 10.8. The molecule has 2 aromatic rings. The molecule has 7 nitrogen and oxygen atoms in total. The number of carbonyl (C=O) groups is 1. The van der Waals surface area contributed by atoms with E-state index in [1.807, 2.05) is 48.5 Å². The zero-order valence-corrected chi connectivity index (χ0v) is 21.3. The maximum absolute atomic E-state index is 11.5. The summed E-state index contributed by atoms with van der Waals surface area (Å²) in [5, 5.41) is 6.21. The number of hydrogen-bond donors (Lipinski definition) is 2. The van der Waals surface area contributed by atoms with E-state index in [1.54, 1.807) is 7.11 Å². The van der Waals surface area contributed by atoms with Crippen LogP contribution in [0.2, 0.25) is 0 Å². The summed E-state index contributed by atoms with van der Waals surface area (Å²) >= 11 is 0. The fourth-order valence-corrected chi connectivity index (χ4v) is 3.61. The zero-order chi connectivity index (χ0) is 22.1. The van der Waals surface area contributed by atoms with Gasteiger partial charge in [0.25, 0.3) is 0 Å². The van der Waals surface area contributed by atoms with Gasteiger partial charge in [-0.1, -0.05) is 24.3 Å². The van der Waals surface area contributed by atoms with Crippen molar-refractivity contribution in [2.75, 3.05) is 32.1 Å². The predicted molar refractivity (Wildman–Crippen MR) is 139 cm³/mol. The topological polar surface area (TPSA) is 75.2 Å². The summed E-state index contributed by atoms with van der Waals surface area (Å²) in [4.78, 5) is 18.6. The number of nitrogens with one attached hydrogen (secondary N) is 2. The summed E-state index contributed by atoms with van der Waals surface area (Å²) in [6, 6.07) is 15.7. The van der Waals surface area contributed by atoms with Gasteiger partial charge < -0.3 is 25.0 Å². The number of guanidine groups is 1. The summed E-state index contributed by atoms with van der Waals surface area (Å²) in [7, 11) is 1.59. The average molecular weight is 552 g/mol. The highest BCUT2D eigenvalue weighted by Crippen LogP contribution is 2.26. The number of para-hydroxylation sites is 1. The molecule has 0 atom stereocenters. The quantitative estimate of drug-likeness (QED) is 0.305. The van der Waals surface area contributed by atoms with Crippen LogP contribution in [0.3, 0.4) is 0 Å². The molecule has 2 N–H and O–H groups in total. The van der Waals surface area contributed by atoms with Crippen LogP contribution in [0, 0.1) is 0 Å². The Kier molecular flexibility index (Phi) is 10.6. The fraction of sp³-hybridized carbons (Fsp3) is 0.417. The van der Waals surface area contributed by atoms with Gasteiger partial charge in [-0.2, -0.15) is 0 Å². The minimum absolute atomic E-state index is 0. The van der Waals surface area contributed by atoms with E-state index in [4.69, 9.17) is 14.5 Å². The molecule has 1 fully saturated rings. The summed E-state index contributed by atoms with van der Waals surface area (Å²) in [5.74, 6) is 2.33. The van der Waals surface area contributed by atoms with Crippen LogP contribution in [-0.2, 0) is 11.3 Å². The highest BCUT2D eigenvalue weighted by atomic mass is 127. The highest BCUT2D eigenvalue weighted by molar-refractivity contribution is 14.0. The fourth-order valence-electron chi connectivity index (χ4n) is 3.61. The Morgan fingerprint density at radius 2 is 1.88 bits per heavy atom. The van der Waals surface area contributed by atoms with Gasteiger partial charge in [0.05, 0.1) is 19.3 Å². The van der Waals surface area contributed by atoms with Crippen LogP contribution in [0.4, 0.5) is 5.69 Å². The molecule has 2 aromatic carbocycles. The van der Waals surface area contributed by atoms with E-state index in [1.165, 1.54) is 6.92 Å². The monoisotopic (exact) mass is 552 g/mol. The molecule has 1 heterocycles. The Labute approximate surface area is 207 Å². The van der Waals surface area contributed by atoms with Crippen molar-refractivity contribution in [1.82, 2.24) is 10.2 Å². The lowest BCUT2D eigenvalue weighted by Crippen LogP contribution is -2.47. The number of piperidine rings is 1. The van der Waals surface area contributed by atoms with Crippen LogP contribution < -0.4 is 20.1 Å². The Hall–Kier alpha value is -2.49. The van der Waals surface area contributed by atoms with Crippen LogP contribution >= 0.6 is 24.0 Å². The van der Waals surface area contributed by atoms with E-state index >= 15 is 0 Å². The number of benzene rings is 2. The molecule has 3 rings (SSSR count). The molecule has 0 unspecified atom stereocenters. The predicted octanol–water partition coefficient (Wildman–Crippen LogP) is 4.28. The zero-order valence-electron chi connectivity index (χ0n) is 19.0. The van der Waals surface area contributed by atoms with Crippen molar-refractivity contribution >= 4 is 41.5 Å². The number of nitrogens with zero attached hydrogens (tertiary/aromatic N) is 2. The lowest BCUT2D eigenvalue weighted by Gasteiger charge is -2.34. The smallest absolute Gasteiger partial charge is 0.221 e. The molecular weight excluding hydrogens is 519 g/mol. The van der Waals surface area contributed by atoms with Gasteiger partial charge in [-0.05, 0) is 36.8 Å². The first-order valence-corrected chi connectivity index (χ1v) is 10.8. The molecule has 1 amide bonds. The Balaban J connectivity index is 0.00000363. The normalized spacial score (nSPS) is 14.3. The third-order valence-electron chi connectivity index (χ3n) is 5.11. The van der Waals surface area contributed by atoms with E-state index in [9.17, 15) is 4.79 Å². The number of rotatable bonds is 7. The number of hydrogen-bond acceptors (Lipinski definition) is 4. The molecule has 0 spiro atoms. The molecule has 0 radical (unpaired) electrons. The van der Waals surface area contributed by atoms with Crippen molar-refractivity contribution in [2.24, 2.45) is 4.99 Å². The van der Waals surface area contributed by atoms with Crippen LogP contribution in [-0.4, -0.2) is 49.6 Å². The second-order valence-electron chi connectivity index (χ2n) is 7.50. The van der Waals surface area contributed by atoms with Gasteiger partial charge in [-0.25, -0.2) is 4.99 Å². The summed E-state index contributed by atoms with van der Waals surface area (Å²) < 4.78 is 11.4. The molecule has 1 aliphatic heterocycles. The summed E-state index contributed by atoms with van der Waals surface area (Å²) in [6.45, 7) is 6.66. The van der Waals surface area contributed by atoms with Gasteiger partial charge in [-0.3, -0.25) is 4.79 Å². The number of methoxy groups -OCH3 is 1. The maximum Gasteiger partial charge on any atom is 0.221 e. The van der Waals surface area contributed by atoms with Gasteiger partial charge in [0.2, 0.25) is 5.91 Å². The largest absolute Gasteiger partial charge is 0.495 e. The number of aliphatic imine (C=N–C) groups is 1. The molecule has 1 saturated heterocycles. The first kappa shape index (κ1) is 25.8. The molecule has 0 bridgehead atoms. The van der Waals surface area contributed by atoms with Crippen LogP contribution in [0.1, 0.15) is 32.3 Å². The average Bonchev–Trinajstić information content (AvgIpc) is 2.78. The van der Waals surface area contributed by atoms with E-state index in [0.717, 1.165) is 49.7 Å². The van der Waals surface area contributed by atoms with Gasteiger partial charge in [0.15, 0.2) is 5.96 Å². The Morgan fingerprint density at radius 3 is 2.50 bits per heavy atom. The SMILES string of the molecule is CCNC(=NCc1ccc(OC)c(NC(C)=O)c1)N1CCC(Oc2ccccc2)CC1.I. The highest BCUT2D eigenvalue weighted by Gasteiger charge is 2.22. The standard InChI is InChI=1S/C24H32N4O3.HI/c1-4-25-24(26-17-19-10-11-23(30-3)22(16-19)27-18(2)29)28-14-12-21(13-15-28)31-20-8-6-5-7-9-20;/h5-11,16,21H,4,12-15,17H2,1-3H3,(H,25,26)(H,27,29);1H. The van der Waals surface area contributed by atoms with Crippen molar-refractivity contribution in [3.8, 4) is 11.5 Å². The van der Waals surface area contributed by atoms with Crippen LogP contribution in [0.5, 0.6) is 11.5 Å². The molecule has 0 aliphatic carbocycles. The lowest BCUT2D eigenvalue weighted by molar-refractivity contribution is -0.114. The number of anilines is 1. The van der Waals surface area contributed by atoms with E-state index in [2.05, 4.69) is 22.5 Å². The molecule has 1 aliphatic rings. The second-order valence-corrected chi connectivity index (χ2v) is 7.50. The molecule has 0 saturated carbocycles. The van der Waals surface area contributed by atoms with Crippen LogP contribution in [0.15, 0.2) is 53.5 Å². The number of ether oxygens (including phenoxy) is 2. The van der Waals surface area contributed by atoms with Crippen molar-refractivity contribution in [1.29, 1.82) is 0 Å². The summed E-state index contributed by atoms with van der Waals surface area (Å²) in [6.07, 6.45) is 2.13. The van der Waals surface area contributed by atoms with Gasteiger partial charge in [0.1, 0.15) is 17.6 Å². The summed E-state index contributed by atoms with van der Waals surface area (Å²) in [5.41, 5.74) is 1.66. The molecule has 0 aromatic heterocycles. The van der Waals surface area contributed by atoms with Crippen molar-refractivity contribution in [3.63, 3.8) is 0 Å². The Bertz CT molecular complexity index is 884. The molecule has 32 heavy (non-hydrogen) atoms. The van der Waals surface area contributed by atoms with Crippen molar-refractivity contribution in [2.45, 2.75) is 39.3 Å². The maximum atomic E-state index is 11.5. The van der Waals surface area contributed by atoms with Gasteiger partial charge in [-0.15, -0.1) is 24.0 Å². The lowest BCUT2D eigenvalue weighted by atomic mass is 10.1. The number of carbonyl (C=O) groups excluding carboxylic acids is 1. The number of halogens is 1. The minimum Gasteiger partial charge on any atom is -0.495 e. The Morgan fingerprint density at radius 1 is 1.16 bits per heavy atom. The van der Waals surface area contributed by atoms with E-state index in [0.29, 0.717) is 18.0 Å². The molecule has 8 heteroatoms. The van der Waals surface area contributed by atoms with E-state index < -0.39 is 0 Å². The molecule has 174 valence electrons.